The van der Waals surface area contributed by atoms with E-state index in [-0.39, 0.29) is 5.91 Å². The predicted octanol–water partition coefficient (Wildman–Crippen LogP) is 3.13. The van der Waals surface area contributed by atoms with Crippen LogP contribution in [0.4, 0.5) is 0 Å². The Balaban J connectivity index is 1.79. The van der Waals surface area contributed by atoms with Crippen molar-refractivity contribution in [1.29, 1.82) is 0 Å². The van der Waals surface area contributed by atoms with Gasteiger partial charge in [-0.15, -0.1) is 0 Å². The Morgan fingerprint density at radius 1 is 1.35 bits per heavy atom. The zero-order valence-electron chi connectivity index (χ0n) is 13.9. The van der Waals surface area contributed by atoms with E-state index in [4.69, 9.17) is 0 Å². The van der Waals surface area contributed by atoms with Crippen LogP contribution in [0.5, 0.6) is 0 Å². The summed E-state index contributed by atoms with van der Waals surface area (Å²) in [5.74, 6) is 0.679. The average Bonchev–Trinajstić information content (AvgIpc) is 2.97. The Kier molecular flexibility index (Phi) is 4.74. The quantitative estimate of drug-likeness (QED) is 0.871. The van der Waals surface area contributed by atoms with Crippen LogP contribution < -0.4 is 0 Å². The molecule has 5 nitrogen and oxygen atoms in total. The van der Waals surface area contributed by atoms with E-state index >= 15 is 0 Å². The molecule has 0 aromatic carbocycles. The number of pyridine rings is 1. The van der Waals surface area contributed by atoms with Gasteiger partial charge >= 0.3 is 0 Å². The number of carbonyl (C=O) groups excluding carboxylic acids is 1. The van der Waals surface area contributed by atoms with Crippen molar-refractivity contribution in [1.82, 2.24) is 19.7 Å². The predicted molar refractivity (Wildman–Crippen MR) is 90.0 cm³/mol. The van der Waals surface area contributed by atoms with Gasteiger partial charge < -0.3 is 4.90 Å². The second kappa shape index (κ2) is 6.94. The molecule has 2 aromatic rings. The van der Waals surface area contributed by atoms with Crippen molar-refractivity contribution in [3.8, 4) is 11.3 Å². The number of rotatable bonds is 4. The lowest BCUT2D eigenvalue weighted by Crippen LogP contribution is -2.32. The molecule has 0 atom stereocenters. The number of aromatic nitrogens is 3. The number of carbonyl (C=O) groups is 1. The van der Waals surface area contributed by atoms with Crippen LogP contribution in [-0.4, -0.2) is 39.2 Å². The first-order valence-electron chi connectivity index (χ1n) is 8.34. The standard InChI is InChI=1S/C18H24N4O/c1-21(12-14-7-4-3-5-8-14)18(23)16-13-22(2)20-17(16)15-9-6-10-19-11-15/h6,9-11,13-14H,3-5,7-8,12H2,1-2H3. The molecule has 2 aromatic heterocycles. The summed E-state index contributed by atoms with van der Waals surface area (Å²) in [6.07, 6.45) is 11.7. The van der Waals surface area contributed by atoms with Crippen molar-refractivity contribution in [2.75, 3.05) is 13.6 Å². The molecular formula is C18H24N4O. The van der Waals surface area contributed by atoms with Crippen LogP contribution in [0.3, 0.4) is 0 Å². The van der Waals surface area contributed by atoms with E-state index in [1.54, 1.807) is 17.1 Å². The van der Waals surface area contributed by atoms with E-state index in [0.29, 0.717) is 17.2 Å². The van der Waals surface area contributed by atoms with Gasteiger partial charge in [0.15, 0.2) is 0 Å². The Labute approximate surface area is 137 Å². The maximum Gasteiger partial charge on any atom is 0.257 e. The molecule has 1 aliphatic rings. The van der Waals surface area contributed by atoms with Crippen molar-refractivity contribution >= 4 is 5.91 Å². The van der Waals surface area contributed by atoms with Crippen molar-refractivity contribution in [2.45, 2.75) is 32.1 Å². The molecule has 5 heteroatoms. The molecule has 0 bridgehead atoms. The first kappa shape index (κ1) is 15.7. The summed E-state index contributed by atoms with van der Waals surface area (Å²) < 4.78 is 1.70. The van der Waals surface area contributed by atoms with Gasteiger partial charge in [0.05, 0.1) is 5.56 Å². The fourth-order valence-corrected chi connectivity index (χ4v) is 3.41. The lowest BCUT2D eigenvalue weighted by molar-refractivity contribution is 0.0761. The van der Waals surface area contributed by atoms with Crippen LogP contribution >= 0.6 is 0 Å². The van der Waals surface area contributed by atoms with E-state index in [1.165, 1.54) is 32.1 Å². The fourth-order valence-electron chi connectivity index (χ4n) is 3.41. The van der Waals surface area contributed by atoms with Crippen LogP contribution in [0, 0.1) is 5.92 Å². The van der Waals surface area contributed by atoms with Gasteiger partial charge in [-0.05, 0) is 30.9 Å². The largest absolute Gasteiger partial charge is 0.341 e. The van der Waals surface area contributed by atoms with Crippen LogP contribution in [-0.2, 0) is 7.05 Å². The molecule has 0 N–H and O–H groups in total. The number of nitrogens with zero attached hydrogens (tertiary/aromatic N) is 4. The monoisotopic (exact) mass is 312 g/mol. The molecule has 2 heterocycles. The molecule has 1 amide bonds. The summed E-state index contributed by atoms with van der Waals surface area (Å²) in [6, 6.07) is 3.80. The van der Waals surface area contributed by atoms with Gasteiger partial charge in [-0.3, -0.25) is 14.5 Å². The second-order valence-corrected chi connectivity index (χ2v) is 6.50. The normalized spacial score (nSPS) is 15.6. The Morgan fingerprint density at radius 2 is 2.13 bits per heavy atom. The van der Waals surface area contributed by atoms with Crippen molar-refractivity contribution in [2.24, 2.45) is 13.0 Å². The Bertz CT molecular complexity index is 659. The molecular weight excluding hydrogens is 288 g/mol. The first-order chi connectivity index (χ1) is 11.1. The van der Waals surface area contributed by atoms with Crippen molar-refractivity contribution < 1.29 is 4.79 Å². The highest BCUT2D eigenvalue weighted by Gasteiger charge is 2.23. The SMILES string of the molecule is CN(CC1CCCCC1)C(=O)c1cn(C)nc1-c1cccnc1. The summed E-state index contributed by atoms with van der Waals surface area (Å²) in [5.41, 5.74) is 2.24. The highest BCUT2D eigenvalue weighted by Crippen LogP contribution is 2.26. The van der Waals surface area contributed by atoms with Gasteiger partial charge in [0.25, 0.3) is 5.91 Å². The number of aryl methyl sites for hydroxylation is 1. The molecule has 1 saturated carbocycles. The maximum atomic E-state index is 12.9. The minimum absolute atomic E-state index is 0.0440. The first-order valence-corrected chi connectivity index (χ1v) is 8.34. The molecule has 0 radical (unpaired) electrons. The fraction of sp³-hybridized carbons (Fsp3) is 0.500. The molecule has 0 spiro atoms. The lowest BCUT2D eigenvalue weighted by Gasteiger charge is -2.27. The third kappa shape index (κ3) is 3.60. The third-order valence-electron chi connectivity index (χ3n) is 4.60. The van der Waals surface area contributed by atoms with Crippen LogP contribution in [0.15, 0.2) is 30.7 Å². The summed E-state index contributed by atoms with van der Waals surface area (Å²) in [5, 5.41) is 4.46. The molecule has 0 unspecified atom stereocenters. The maximum absolute atomic E-state index is 12.9. The third-order valence-corrected chi connectivity index (χ3v) is 4.60. The number of hydrogen-bond acceptors (Lipinski definition) is 3. The molecule has 23 heavy (non-hydrogen) atoms. The van der Waals surface area contributed by atoms with Gasteiger partial charge in [-0.25, -0.2) is 0 Å². The molecule has 1 fully saturated rings. The van der Waals surface area contributed by atoms with Crippen LogP contribution in [0.2, 0.25) is 0 Å². The zero-order chi connectivity index (χ0) is 16.2. The van der Waals surface area contributed by atoms with E-state index in [2.05, 4.69) is 10.1 Å². The van der Waals surface area contributed by atoms with Gasteiger partial charge in [-0.1, -0.05) is 19.3 Å². The molecule has 0 aliphatic heterocycles. The van der Waals surface area contributed by atoms with E-state index in [0.717, 1.165) is 12.1 Å². The highest BCUT2D eigenvalue weighted by atomic mass is 16.2. The van der Waals surface area contributed by atoms with Gasteiger partial charge in [0.2, 0.25) is 0 Å². The zero-order valence-corrected chi connectivity index (χ0v) is 13.9. The number of amides is 1. The Hall–Kier alpha value is -2.17. The number of hydrogen-bond donors (Lipinski definition) is 0. The molecule has 3 rings (SSSR count). The Morgan fingerprint density at radius 3 is 2.83 bits per heavy atom. The smallest absolute Gasteiger partial charge is 0.257 e. The summed E-state index contributed by atoms with van der Waals surface area (Å²) in [7, 11) is 3.74. The molecule has 122 valence electrons. The van der Waals surface area contributed by atoms with E-state index in [1.807, 2.05) is 37.3 Å². The molecule has 1 aliphatic carbocycles. The summed E-state index contributed by atoms with van der Waals surface area (Å²) >= 11 is 0. The van der Waals surface area contributed by atoms with Gasteiger partial charge in [-0.2, -0.15) is 5.10 Å². The summed E-state index contributed by atoms with van der Waals surface area (Å²) in [4.78, 5) is 18.9. The minimum Gasteiger partial charge on any atom is -0.341 e. The average molecular weight is 312 g/mol. The van der Waals surface area contributed by atoms with Crippen molar-refractivity contribution in [3.63, 3.8) is 0 Å². The minimum atomic E-state index is 0.0440. The highest BCUT2D eigenvalue weighted by molar-refractivity contribution is 5.99. The van der Waals surface area contributed by atoms with Crippen molar-refractivity contribution in [3.05, 3.63) is 36.3 Å². The van der Waals surface area contributed by atoms with E-state index in [9.17, 15) is 4.79 Å². The van der Waals surface area contributed by atoms with Gasteiger partial charge in [0, 0.05) is 44.8 Å². The lowest BCUT2D eigenvalue weighted by atomic mass is 9.89. The van der Waals surface area contributed by atoms with Crippen LogP contribution in [0.1, 0.15) is 42.5 Å². The van der Waals surface area contributed by atoms with Crippen LogP contribution in [0.25, 0.3) is 11.3 Å². The van der Waals surface area contributed by atoms with Gasteiger partial charge in [0.1, 0.15) is 5.69 Å². The van der Waals surface area contributed by atoms with E-state index < -0.39 is 0 Å². The second-order valence-electron chi connectivity index (χ2n) is 6.50. The topological polar surface area (TPSA) is 51.0 Å². The summed E-state index contributed by atoms with van der Waals surface area (Å²) in [6.45, 7) is 0.834. The molecule has 0 saturated heterocycles.